The lowest BCUT2D eigenvalue weighted by atomic mass is 10.2. The van der Waals surface area contributed by atoms with Crippen molar-refractivity contribution >= 4 is 34.4 Å². The molecule has 1 aliphatic heterocycles. The highest BCUT2D eigenvalue weighted by Crippen LogP contribution is 2.26. The molecule has 5 rings (SSSR count). The van der Waals surface area contributed by atoms with Crippen LogP contribution in [0.1, 0.15) is 5.56 Å². The van der Waals surface area contributed by atoms with Gasteiger partial charge in [0.15, 0.2) is 12.3 Å². The first kappa shape index (κ1) is 21.2. The van der Waals surface area contributed by atoms with Gasteiger partial charge in [-0.15, -0.1) is 0 Å². The van der Waals surface area contributed by atoms with Crippen LogP contribution in [0, 0.1) is 6.92 Å². The van der Waals surface area contributed by atoms with E-state index in [1.54, 1.807) is 17.2 Å². The topological polar surface area (TPSA) is 76.4 Å². The second kappa shape index (κ2) is 9.07. The van der Waals surface area contributed by atoms with Gasteiger partial charge in [0.1, 0.15) is 17.9 Å². The fraction of sp³-hybridized carbons (Fsp3) is 0.250. The summed E-state index contributed by atoms with van der Waals surface area (Å²) in [5, 5.41) is 6.01. The fourth-order valence-corrected chi connectivity index (χ4v) is 4.17. The molecule has 0 N–H and O–H groups in total. The van der Waals surface area contributed by atoms with E-state index >= 15 is 0 Å². The van der Waals surface area contributed by atoms with Crippen LogP contribution in [0.2, 0.25) is 5.02 Å². The van der Waals surface area contributed by atoms with E-state index in [4.69, 9.17) is 16.3 Å². The Morgan fingerprint density at radius 2 is 1.88 bits per heavy atom. The van der Waals surface area contributed by atoms with Gasteiger partial charge in [-0.2, -0.15) is 5.10 Å². The van der Waals surface area contributed by atoms with Gasteiger partial charge in [0.05, 0.1) is 17.3 Å². The molecular weight excluding hydrogens is 440 g/mol. The Hall–Kier alpha value is -3.65. The molecule has 8 nitrogen and oxygen atoms in total. The molecule has 0 atom stereocenters. The van der Waals surface area contributed by atoms with Crippen molar-refractivity contribution in [2.75, 3.05) is 37.7 Å². The summed E-state index contributed by atoms with van der Waals surface area (Å²) in [5.41, 5.74) is 2.65. The molecule has 1 aliphatic rings. The Morgan fingerprint density at radius 1 is 1.06 bits per heavy atom. The van der Waals surface area contributed by atoms with Gasteiger partial charge in [0.2, 0.25) is 0 Å². The van der Waals surface area contributed by atoms with Crippen LogP contribution >= 0.6 is 11.6 Å². The molecule has 0 radical (unpaired) electrons. The van der Waals surface area contributed by atoms with Crippen LogP contribution in [-0.2, 0) is 4.79 Å². The molecule has 0 aliphatic carbocycles. The van der Waals surface area contributed by atoms with Crippen molar-refractivity contribution in [1.82, 2.24) is 24.6 Å². The monoisotopic (exact) mass is 462 g/mol. The maximum atomic E-state index is 12.6. The van der Waals surface area contributed by atoms with Crippen LogP contribution in [0.4, 0.5) is 5.82 Å². The van der Waals surface area contributed by atoms with Gasteiger partial charge in [0.25, 0.3) is 5.91 Å². The van der Waals surface area contributed by atoms with Crippen molar-refractivity contribution in [1.29, 1.82) is 0 Å². The largest absolute Gasteiger partial charge is 0.484 e. The van der Waals surface area contributed by atoms with Crippen molar-refractivity contribution in [3.05, 3.63) is 71.6 Å². The molecule has 1 fully saturated rings. The highest BCUT2D eigenvalue weighted by Gasteiger charge is 2.24. The van der Waals surface area contributed by atoms with Crippen LogP contribution in [0.5, 0.6) is 5.75 Å². The van der Waals surface area contributed by atoms with Gasteiger partial charge < -0.3 is 14.5 Å². The molecule has 33 heavy (non-hydrogen) atoms. The number of nitrogens with zero attached hydrogens (tertiary/aromatic N) is 6. The van der Waals surface area contributed by atoms with Crippen molar-refractivity contribution < 1.29 is 9.53 Å². The first-order chi connectivity index (χ1) is 16.1. The Morgan fingerprint density at radius 3 is 2.67 bits per heavy atom. The third-order valence-corrected chi connectivity index (χ3v) is 5.92. The maximum absolute atomic E-state index is 12.6. The molecule has 9 heteroatoms. The van der Waals surface area contributed by atoms with Crippen molar-refractivity contribution in [3.63, 3.8) is 0 Å². The smallest absolute Gasteiger partial charge is 0.260 e. The second-order valence-corrected chi connectivity index (χ2v) is 8.38. The number of halogens is 1. The lowest BCUT2D eigenvalue weighted by Crippen LogP contribution is -2.50. The molecule has 2 aromatic heterocycles. The SMILES string of the molecule is Cc1cccc(OCC(=O)N2CCN(c3ncnc4c3cnn4-c3cccc(Cl)c3)CC2)c1. The summed E-state index contributed by atoms with van der Waals surface area (Å²) in [7, 11) is 0. The van der Waals surface area contributed by atoms with Crippen LogP contribution < -0.4 is 9.64 Å². The molecule has 168 valence electrons. The van der Waals surface area contributed by atoms with E-state index in [1.165, 1.54) is 0 Å². The van der Waals surface area contributed by atoms with Gasteiger partial charge >= 0.3 is 0 Å². The molecule has 0 unspecified atom stereocenters. The molecule has 4 aromatic rings. The van der Waals surface area contributed by atoms with Crippen LogP contribution in [0.3, 0.4) is 0 Å². The van der Waals surface area contributed by atoms with E-state index in [0.29, 0.717) is 42.6 Å². The van der Waals surface area contributed by atoms with Crippen LogP contribution in [0.25, 0.3) is 16.7 Å². The third kappa shape index (κ3) is 4.47. The number of aryl methyl sites for hydroxylation is 1. The normalized spacial score (nSPS) is 14.0. The molecule has 0 saturated carbocycles. The molecule has 1 saturated heterocycles. The number of amides is 1. The van der Waals surface area contributed by atoms with Crippen LogP contribution in [-0.4, -0.2) is 63.3 Å². The average molecular weight is 463 g/mol. The number of benzene rings is 2. The Labute approximate surface area is 196 Å². The number of carbonyl (C=O) groups excluding carboxylic acids is 1. The zero-order valence-electron chi connectivity index (χ0n) is 18.2. The van der Waals surface area contributed by atoms with Crippen LogP contribution in [0.15, 0.2) is 61.1 Å². The predicted molar refractivity (Wildman–Crippen MR) is 127 cm³/mol. The summed E-state index contributed by atoms with van der Waals surface area (Å²) in [6.07, 6.45) is 3.33. The number of carbonyl (C=O) groups is 1. The molecule has 0 bridgehead atoms. The fourth-order valence-electron chi connectivity index (χ4n) is 3.99. The number of aromatic nitrogens is 4. The average Bonchev–Trinajstić information content (AvgIpc) is 3.27. The highest BCUT2D eigenvalue weighted by molar-refractivity contribution is 6.30. The van der Waals surface area contributed by atoms with Gasteiger partial charge in [0, 0.05) is 31.2 Å². The maximum Gasteiger partial charge on any atom is 0.260 e. The first-order valence-corrected chi connectivity index (χ1v) is 11.1. The van der Waals surface area contributed by atoms with E-state index in [0.717, 1.165) is 22.5 Å². The number of hydrogen-bond donors (Lipinski definition) is 0. The number of piperazine rings is 1. The molecule has 2 aromatic carbocycles. The minimum atomic E-state index is -0.0160. The second-order valence-electron chi connectivity index (χ2n) is 7.94. The molecule has 3 heterocycles. The number of ether oxygens (including phenoxy) is 1. The minimum Gasteiger partial charge on any atom is -0.484 e. The first-order valence-electron chi connectivity index (χ1n) is 10.8. The summed E-state index contributed by atoms with van der Waals surface area (Å²) < 4.78 is 7.44. The zero-order valence-corrected chi connectivity index (χ0v) is 18.9. The number of hydrogen-bond acceptors (Lipinski definition) is 6. The van der Waals surface area contributed by atoms with E-state index in [9.17, 15) is 4.79 Å². The lowest BCUT2D eigenvalue weighted by Gasteiger charge is -2.35. The van der Waals surface area contributed by atoms with E-state index in [1.807, 2.05) is 60.4 Å². The number of fused-ring (bicyclic) bond motifs is 1. The standard InChI is InChI=1S/C24H23ClN6O2/c1-17-4-2-7-20(12-17)33-15-22(32)29-8-10-30(11-9-29)23-21-14-28-31(24(21)27-16-26-23)19-6-3-5-18(25)13-19/h2-7,12-14,16H,8-11,15H2,1H3. The third-order valence-electron chi connectivity index (χ3n) is 5.68. The Balaban J connectivity index is 1.26. The molecule has 1 amide bonds. The van der Waals surface area contributed by atoms with E-state index < -0.39 is 0 Å². The van der Waals surface area contributed by atoms with Gasteiger partial charge in [-0.05, 0) is 42.8 Å². The minimum absolute atomic E-state index is 0.0160. The van der Waals surface area contributed by atoms with Gasteiger partial charge in [-0.25, -0.2) is 14.6 Å². The lowest BCUT2D eigenvalue weighted by molar-refractivity contribution is -0.133. The quantitative estimate of drug-likeness (QED) is 0.452. The number of rotatable bonds is 5. The number of anilines is 1. The van der Waals surface area contributed by atoms with E-state index in [-0.39, 0.29) is 12.5 Å². The Bertz CT molecular complexity index is 1300. The molecular formula is C24H23ClN6O2. The Kier molecular flexibility index (Phi) is 5.83. The highest BCUT2D eigenvalue weighted by atomic mass is 35.5. The summed E-state index contributed by atoms with van der Waals surface area (Å²) >= 11 is 6.15. The van der Waals surface area contributed by atoms with Gasteiger partial charge in [-0.3, -0.25) is 4.79 Å². The summed E-state index contributed by atoms with van der Waals surface area (Å²) in [6, 6.07) is 15.2. The summed E-state index contributed by atoms with van der Waals surface area (Å²) in [6.45, 7) is 4.58. The van der Waals surface area contributed by atoms with E-state index in [2.05, 4.69) is 20.0 Å². The summed E-state index contributed by atoms with van der Waals surface area (Å²) in [5.74, 6) is 1.51. The van der Waals surface area contributed by atoms with Gasteiger partial charge in [-0.1, -0.05) is 29.8 Å². The molecule has 0 spiro atoms. The van der Waals surface area contributed by atoms with Crippen molar-refractivity contribution in [2.24, 2.45) is 0 Å². The summed E-state index contributed by atoms with van der Waals surface area (Å²) in [4.78, 5) is 25.6. The van der Waals surface area contributed by atoms with Crippen molar-refractivity contribution in [2.45, 2.75) is 6.92 Å². The predicted octanol–water partition coefficient (Wildman–Crippen LogP) is 3.50. The zero-order chi connectivity index (χ0) is 22.8. The van der Waals surface area contributed by atoms with Crippen molar-refractivity contribution in [3.8, 4) is 11.4 Å².